The Kier molecular flexibility index (Phi) is 5.05. The van der Waals surface area contributed by atoms with Gasteiger partial charge in [-0.2, -0.15) is 5.10 Å². The highest BCUT2D eigenvalue weighted by atomic mass is 16.2. The molecule has 2 aliphatic rings. The SMILES string of the molecule is CC(C)c1cc(C(=O)N(C)C[C@@H]2CCCN3CCCC[C@@H]23)n[nH]1. The average Bonchev–Trinajstić information content (AvgIpc) is 3.04. The summed E-state index contributed by atoms with van der Waals surface area (Å²) in [6.45, 7) is 7.55. The van der Waals surface area contributed by atoms with Gasteiger partial charge in [0, 0.05) is 25.3 Å². The van der Waals surface area contributed by atoms with Crippen molar-refractivity contribution in [3.63, 3.8) is 0 Å². The molecule has 0 spiro atoms. The van der Waals surface area contributed by atoms with Crippen LogP contribution in [0.15, 0.2) is 6.07 Å². The Morgan fingerprint density at radius 1 is 1.35 bits per heavy atom. The fourth-order valence-corrected chi connectivity index (χ4v) is 4.16. The van der Waals surface area contributed by atoms with Crippen LogP contribution in [0.3, 0.4) is 0 Å². The van der Waals surface area contributed by atoms with Crippen LogP contribution in [-0.2, 0) is 0 Å². The van der Waals surface area contributed by atoms with E-state index in [0.29, 0.717) is 23.6 Å². The first kappa shape index (κ1) is 16.5. The number of rotatable bonds is 4. The van der Waals surface area contributed by atoms with E-state index in [0.717, 1.165) is 12.2 Å². The maximum absolute atomic E-state index is 12.6. The molecule has 1 amide bonds. The molecule has 1 aromatic rings. The van der Waals surface area contributed by atoms with Crippen molar-refractivity contribution in [3.05, 3.63) is 17.5 Å². The molecular weight excluding hydrogens is 288 g/mol. The molecule has 1 aromatic heterocycles. The Morgan fingerprint density at radius 2 is 2.13 bits per heavy atom. The molecule has 0 bridgehead atoms. The van der Waals surface area contributed by atoms with E-state index in [4.69, 9.17) is 0 Å². The van der Waals surface area contributed by atoms with Crippen molar-refractivity contribution in [1.29, 1.82) is 0 Å². The van der Waals surface area contributed by atoms with Gasteiger partial charge in [-0.15, -0.1) is 0 Å². The predicted molar refractivity (Wildman–Crippen MR) is 91.6 cm³/mol. The fourth-order valence-electron chi connectivity index (χ4n) is 4.16. The van der Waals surface area contributed by atoms with Crippen molar-refractivity contribution >= 4 is 5.91 Å². The van der Waals surface area contributed by atoms with Crippen LogP contribution in [0.2, 0.25) is 0 Å². The lowest BCUT2D eigenvalue weighted by Gasteiger charge is -2.45. The second-order valence-electron chi connectivity index (χ2n) is 7.55. The third kappa shape index (κ3) is 3.60. The molecule has 2 aliphatic heterocycles. The van der Waals surface area contributed by atoms with Crippen LogP contribution < -0.4 is 0 Å². The zero-order chi connectivity index (χ0) is 16.4. The molecule has 1 N–H and O–H groups in total. The first-order chi connectivity index (χ1) is 11.1. The summed E-state index contributed by atoms with van der Waals surface area (Å²) >= 11 is 0. The van der Waals surface area contributed by atoms with E-state index in [2.05, 4.69) is 28.9 Å². The standard InChI is InChI=1S/C18H30N4O/c1-13(2)15-11-16(20-19-15)18(23)21(3)12-14-7-6-10-22-9-5-4-8-17(14)22/h11,13-14,17H,4-10,12H2,1-3H3,(H,19,20)/t14-,17-/m0/s1. The third-order valence-corrected chi connectivity index (χ3v) is 5.52. The van der Waals surface area contributed by atoms with E-state index in [1.807, 2.05) is 18.0 Å². The fraction of sp³-hybridized carbons (Fsp3) is 0.778. The van der Waals surface area contributed by atoms with E-state index in [1.54, 1.807) is 0 Å². The Bertz CT molecular complexity index is 537. The van der Waals surface area contributed by atoms with Crippen LogP contribution in [0.5, 0.6) is 0 Å². The molecule has 3 heterocycles. The summed E-state index contributed by atoms with van der Waals surface area (Å²) in [5.41, 5.74) is 1.57. The van der Waals surface area contributed by atoms with Gasteiger partial charge in [0.05, 0.1) is 0 Å². The largest absolute Gasteiger partial charge is 0.340 e. The number of nitrogens with one attached hydrogen (secondary N) is 1. The van der Waals surface area contributed by atoms with Gasteiger partial charge in [0.2, 0.25) is 0 Å². The highest BCUT2D eigenvalue weighted by Crippen LogP contribution is 2.31. The molecule has 0 saturated carbocycles. The number of carbonyl (C=O) groups excluding carboxylic acids is 1. The second kappa shape index (κ2) is 7.04. The Hall–Kier alpha value is -1.36. The van der Waals surface area contributed by atoms with Gasteiger partial charge in [-0.05, 0) is 56.7 Å². The lowest BCUT2D eigenvalue weighted by Crippen LogP contribution is -2.51. The molecule has 128 valence electrons. The predicted octanol–water partition coefficient (Wildman–Crippen LogP) is 2.87. The van der Waals surface area contributed by atoms with E-state index >= 15 is 0 Å². The molecule has 23 heavy (non-hydrogen) atoms. The highest BCUT2D eigenvalue weighted by molar-refractivity contribution is 5.92. The van der Waals surface area contributed by atoms with Crippen molar-refractivity contribution in [2.45, 2.75) is 57.9 Å². The van der Waals surface area contributed by atoms with Crippen molar-refractivity contribution in [1.82, 2.24) is 20.0 Å². The molecule has 5 heteroatoms. The number of piperidine rings is 2. The molecule has 2 fully saturated rings. The van der Waals surface area contributed by atoms with E-state index < -0.39 is 0 Å². The smallest absolute Gasteiger partial charge is 0.274 e. The third-order valence-electron chi connectivity index (χ3n) is 5.52. The topological polar surface area (TPSA) is 52.2 Å². The van der Waals surface area contributed by atoms with E-state index in [1.165, 1.54) is 45.2 Å². The first-order valence-corrected chi connectivity index (χ1v) is 9.11. The summed E-state index contributed by atoms with van der Waals surface area (Å²) in [6, 6.07) is 2.58. The maximum Gasteiger partial charge on any atom is 0.274 e. The number of hydrogen-bond acceptors (Lipinski definition) is 3. The summed E-state index contributed by atoms with van der Waals surface area (Å²) in [5, 5.41) is 7.19. The van der Waals surface area contributed by atoms with Crippen LogP contribution >= 0.6 is 0 Å². The summed E-state index contributed by atoms with van der Waals surface area (Å²) < 4.78 is 0. The van der Waals surface area contributed by atoms with Gasteiger partial charge in [-0.3, -0.25) is 9.89 Å². The molecule has 3 rings (SSSR count). The van der Waals surface area contributed by atoms with Crippen LogP contribution in [-0.4, -0.2) is 58.6 Å². The molecule has 2 atom stereocenters. The van der Waals surface area contributed by atoms with Gasteiger partial charge in [0.15, 0.2) is 0 Å². The number of aromatic nitrogens is 2. The maximum atomic E-state index is 12.6. The molecule has 0 aliphatic carbocycles. The number of nitrogens with zero attached hydrogens (tertiary/aromatic N) is 3. The second-order valence-corrected chi connectivity index (χ2v) is 7.55. The van der Waals surface area contributed by atoms with Crippen LogP contribution in [0.1, 0.15) is 68.1 Å². The van der Waals surface area contributed by atoms with Crippen LogP contribution in [0, 0.1) is 5.92 Å². The highest BCUT2D eigenvalue weighted by Gasteiger charge is 2.34. The van der Waals surface area contributed by atoms with Crippen molar-refractivity contribution in [3.8, 4) is 0 Å². The number of carbonyl (C=O) groups is 1. The average molecular weight is 318 g/mol. The Morgan fingerprint density at radius 3 is 2.87 bits per heavy atom. The quantitative estimate of drug-likeness (QED) is 0.929. The minimum absolute atomic E-state index is 0.0427. The van der Waals surface area contributed by atoms with E-state index in [9.17, 15) is 4.79 Å². The van der Waals surface area contributed by atoms with Gasteiger partial charge in [0.25, 0.3) is 5.91 Å². The van der Waals surface area contributed by atoms with Gasteiger partial charge in [-0.1, -0.05) is 20.3 Å². The lowest BCUT2D eigenvalue weighted by atomic mass is 9.83. The van der Waals surface area contributed by atoms with Crippen molar-refractivity contribution < 1.29 is 4.79 Å². The summed E-state index contributed by atoms with van der Waals surface area (Å²) in [7, 11) is 1.92. The summed E-state index contributed by atoms with van der Waals surface area (Å²) in [6.07, 6.45) is 6.49. The van der Waals surface area contributed by atoms with Gasteiger partial charge in [0.1, 0.15) is 5.69 Å². The number of H-pyrrole nitrogens is 1. The molecule has 5 nitrogen and oxygen atoms in total. The van der Waals surface area contributed by atoms with Crippen molar-refractivity contribution in [2.75, 3.05) is 26.7 Å². The zero-order valence-electron chi connectivity index (χ0n) is 14.7. The molecule has 2 saturated heterocycles. The van der Waals surface area contributed by atoms with Crippen LogP contribution in [0.4, 0.5) is 0 Å². The molecule has 0 aromatic carbocycles. The molecular formula is C18H30N4O. The normalized spacial score (nSPS) is 25.4. The summed E-state index contributed by atoms with van der Waals surface area (Å²) in [5.74, 6) is 1.02. The van der Waals surface area contributed by atoms with E-state index in [-0.39, 0.29) is 5.91 Å². The number of amides is 1. The molecule has 0 unspecified atom stereocenters. The van der Waals surface area contributed by atoms with Crippen LogP contribution in [0.25, 0.3) is 0 Å². The van der Waals surface area contributed by atoms with Gasteiger partial charge < -0.3 is 9.80 Å². The van der Waals surface area contributed by atoms with Gasteiger partial charge in [-0.25, -0.2) is 0 Å². The Labute approximate surface area is 139 Å². The minimum atomic E-state index is 0.0427. The van der Waals surface area contributed by atoms with Crippen molar-refractivity contribution in [2.24, 2.45) is 5.92 Å². The number of hydrogen-bond donors (Lipinski definition) is 1. The van der Waals surface area contributed by atoms with Gasteiger partial charge >= 0.3 is 0 Å². The minimum Gasteiger partial charge on any atom is -0.340 e. The first-order valence-electron chi connectivity index (χ1n) is 9.11. The number of aromatic amines is 1. The zero-order valence-corrected chi connectivity index (χ0v) is 14.7. The Balaban J connectivity index is 1.63. The number of fused-ring (bicyclic) bond motifs is 1. The lowest BCUT2D eigenvalue weighted by molar-refractivity contribution is 0.0401. The monoisotopic (exact) mass is 318 g/mol. The molecule has 0 radical (unpaired) electrons. The summed E-state index contributed by atoms with van der Waals surface area (Å²) in [4.78, 5) is 17.2.